The Hall–Kier alpha value is -2.68. The second-order valence-electron chi connectivity index (χ2n) is 8.21. The number of anilines is 1. The molecule has 3 rings (SSSR count). The highest BCUT2D eigenvalue weighted by Crippen LogP contribution is 2.38. The Bertz CT molecular complexity index is 1380. The molecule has 0 aliphatic heterocycles. The van der Waals surface area contributed by atoms with Gasteiger partial charge in [-0.3, -0.25) is 9.29 Å². The average Bonchev–Trinajstić information content (AvgIpc) is 3.26. The first-order valence-corrected chi connectivity index (χ1v) is 12.9. The lowest BCUT2D eigenvalue weighted by Gasteiger charge is -2.36. The number of hydrogen-bond donors (Lipinski definition) is 1. The highest BCUT2D eigenvalue weighted by atomic mass is 35.5. The summed E-state index contributed by atoms with van der Waals surface area (Å²) in [6, 6.07) is 4.76. The zero-order chi connectivity index (χ0) is 29.2. The standard InChI is InChI=1S/C20H20B5ClN6O6S/c1-10(15(37-4)16-27-8-11(26)9-28-16)39(33,34)31-18-30-29-17(19(21,22)38-20(23,24)25)32(18)14-12(35-2)6-5-7-13(14)36-3/h5-10,15H,1-4H3,(H,30,31)/t10-,15-/m0/s1. The third-order valence-corrected chi connectivity index (χ3v) is 7.17. The number of nitrogens with zero attached hydrogens (tertiary/aromatic N) is 5. The SMILES string of the molecule is [B]C([B])([B])OC([B])([B])c1nnc(NS(=O)(=O)[C@@H](C)[C@H](OC)c2ncc(Cl)cn2)n1-c1c(OC)cccc1OC. The molecule has 0 unspecified atom stereocenters. The minimum Gasteiger partial charge on any atom is -0.494 e. The van der Waals surface area contributed by atoms with Crippen LogP contribution in [0.5, 0.6) is 11.5 Å². The van der Waals surface area contributed by atoms with E-state index in [1.165, 1.54) is 40.6 Å². The van der Waals surface area contributed by atoms with Gasteiger partial charge in [-0.2, -0.15) is 0 Å². The molecule has 0 aliphatic carbocycles. The second kappa shape index (κ2) is 11.8. The molecule has 10 radical (unpaired) electrons. The molecule has 0 bridgehead atoms. The lowest BCUT2D eigenvalue weighted by molar-refractivity contribution is 0.0618. The number of aromatic nitrogens is 5. The Labute approximate surface area is 238 Å². The maximum Gasteiger partial charge on any atom is 0.243 e. The molecule has 0 spiro atoms. The van der Waals surface area contributed by atoms with Crippen LogP contribution < -0.4 is 14.2 Å². The fourth-order valence-electron chi connectivity index (χ4n) is 3.56. The molecular weight excluding hydrogens is 542 g/mol. The summed E-state index contributed by atoms with van der Waals surface area (Å²) in [5, 5.41) is 2.18. The van der Waals surface area contributed by atoms with Gasteiger partial charge in [0.2, 0.25) is 16.0 Å². The van der Waals surface area contributed by atoms with Gasteiger partial charge in [-0.1, -0.05) is 17.7 Å². The fraction of sp³-hybridized carbons (Fsp3) is 0.400. The summed E-state index contributed by atoms with van der Waals surface area (Å²) in [5.74, 6) is -0.278. The number of ether oxygens (including phenoxy) is 4. The largest absolute Gasteiger partial charge is 0.494 e. The Morgan fingerprint density at radius 2 is 1.56 bits per heavy atom. The van der Waals surface area contributed by atoms with Crippen LogP contribution in [0.1, 0.15) is 24.7 Å². The van der Waals surface area contributed by atoms with Crippen molar-refractivity contribution in [3.63, 3.8) is 0 Å². The van der Waals surface area contributed by atoms with Gasteiger partial charge in [0, 0.05) is 24.9 Å². The van der Waals surface area contributed by atoms with E-state index in [1.54, 1.807) is 18.2 Å². The molecule has 19 heteroatoms. The molecule has 39 heavy (non-hydrogen) atoms. The van der Waals surface area contributed by atoms with Crippen LogP contribution in [-0.4, -0.2) is 104 Å². The summed E-state index contributed by atoms with van der Waals surface area (Å²) in [7, 11) is 28.6. The van der Waals surface area contributed by atoms with Gasteiger partial charge < -0.3 is 18.9 Å². The van der Waals surface area contributed by atoms with Gasteiger partial charge in [0.25, 0.3) is 0 Å². The molecule has 2 heterocycles. The van der Waals surface area contributed by atoms with Crippen molar-refractivity contribution >= 4 is 66.8 Å². The monoisotopic (exact) mass is 562 g/mol. The van der Waals surface area contributed by atoms with Crippen molar-refractivity contribution in [3.05, 3.63) is 47.3 Å². The van der Waals surface area contributed by atoms with Crippen molar-refractivity contribution in [3.8, 4) is 17.2 Å². The molecule has 0 aliphatic rings. The van der Waals surface area contributed by atoms with Crippen molar-refractivity contribution in [2.45, 2.75) is 29.0 Å². The lowest BCUT2D eigenvalue weighted by atomic mass is 9.50. The summed E-state index contributed by atoms with van der Waals surface area (Å²) >= 11 is 5.85. The first-order valence-electron chi connectivity index (χ1n) is 11.0. The van der Waals surface area contributed by atoms with Crippen LogP contribution in [-0.2, 0) is 24.9 Å². The van der Waals surface area contributed by atoms with Gasteiger partial charge in [-0.25, -0.2) is 18.4 Å². The Balaban J connectivity index is 2.17. The minimum atomic E-state index is -4.31. The van der Waals surface area contributed by atoms with Gasteiger partial charge >= 0.3 is 0 Å². The molecule has 0 amide bonds. The third-order valence-electron chi connectivity index (χ3n) is 5.28. The maximum absolute atomic E-state index is 13.6. The number of para-hydroxylation sites is 1. The van der Waals surface area contributed by atoms with E-state index < -0.39 is 32.1 Å². The molecule has 12 nitrogen and oxygen atoms in total. The minimum absolute atomic E-state index is 0.0786. The number of rotatable bonds is 12. The smallest absolute Gasteiger partial charge is 0.243 e. The van der Waals surface area contributed by atoms with Gasteiger partial charge in [0.05, 0.1) is 42.8 Å². The highest BCUT2D eigenvalue weighted by Gasteiger charge is 2.38. The molecule has 3 aromatic rings. The molecule has 1 N–H and O–H groups in total. The first-order chi connectivity index (χ1) is 18.1. The van der Waals surface area contributed by atoms with Crippen molar-refractivity contribution in [2.75, 3.05) is 26.1 Å². The summed E-state index contributed by atoms with van der Waals surface area (Å²) < 4.78 is 52.1. The lowest BCUT2D eigenvalue weighted by Crippen LogP contribution is -2.46. The molecule has 2 atom stereocenters. The number of nitrogens with one attached hydrogen (secondary N) is 1. The van der Waals surface area contributed by atoms with E-state index in [2.05, 4.69) is 24.9 Å². The predicted octanol–water partition coefficient (Wildman–Crippen LogP) is -0.173. The zero-order valence-corrected chi connectivity index (χ0v) is 23.0. The van der Waals surface area contributed by atoms with Crippen molar-refractivity contribution < 1.29 is 27.4 Å². The van der Waals surface area contributed by atoms with E-state index in [4.69, 9.17) is 69.8 Å². The second-order valence-corrected chi connectivity index (χ2v) is 10.7. The van der Waals surface area contributed by atoms with E-state index in [0.717, 1.165) is 4.57 Å². The molecule has 1 aromatic carbocycles. The molecule has 194 valence electrons. The topological polar surface area (TPSA) is 140 Å². The van der Waals surface area contributed by atoms with Crippen LogP contribution in [0.15, 0.2) is 30.6 Å². The fourth-order valence-corrected chi connectivity index (χ4v) is 4.79. The molecule has 0 saturated carbocycles. The van der Waals surface area contributed by atoms with E-state index in [9.17, 15) is 8.42 Å². The van der Waals surface area contributed by atoms with Crippen molar-refractivity contribution in [1.29, 1.82) is 0 Å². The van der Waals surface area contributed by atoms with E-state index in [-0.39, 0.29) is 39.8 Å². The van der Waals surface area contributed by atoms with E-state index >= 15 is 0 Å². The summed E-state index contributed by atoms with van der Waals surface area (Å²) in [6.07, 6.45) is 1.53. The summed E-state index contributed by atoms with van der Waals surface area (Å²) in [4.78, 5) is 8.12. The summed E-state index contributed by atoms with van der Waals surface area (Å²) in [6.45, 7) is 1.38. The van der Waals surface area contributed by atoms with Crippen LogP contribution in [0.4, 0.5) is 5.95 Å². The van der Waals surface area contributed by atoms with Crippen LogP contribution in [0.3, 0.4) is 0 Å². The molecule has 0 saturated heterocycles. The molecule has 0 fully saturated rings. The number of sulfonamides is 1. The van der Waals surface area contributed by atoms with Gasteiger partial charge in [0.15, 0.2) is 11.6 Å². The van der Waals surface area contributed by atoms with E-state index in [1.807, 2.05) is 0 Å². The number of halogens is 1. The number of benzene rings is 1. The van der Waals surface area contributed by atoms with Crippen LogP contribution >= 0.6 is 11.6 Å². The van der Waals surface area contributed by atoms with Gasteiger partial charge in [-0.05, 0) is 24.4 Å². The van der Waals surface area contributed by atoms with Crippen LogP contribution in [0, 0.1) is 0 Å². The zero-order valence-electron chi connectivity index (χ0n) is 21.4. The van der Waals surface area contributed by atoms with Crippen molar-refractivity contribution in [1.82, 2.24) is 24.7 Å². The molecular formula is C20H20B5ClN6O6S. The highest BCUT2D eigenvalue weighted by molar-refractivity contribution is 7.93. The van der Waals surface area contributed by atoms with Crippen molar-refractivity contribution in [2.24, 2.45) is 0 Å². The van der Waals surface area contributed by atoms with Crippen LogP contribution in [0.2, 0.25) is 5.02 Å². The quantitative estimate of drug-likeness (QED) is 0.296. The average molecular weight is 562 g/mol. The van der Waals surface area contributed by atoms with Gasteiger partial charge in [0.1, 0.15) is 44.2 Å². The van der Waals surface area contributed by atoms with Crippen LogP contribution in [0.25, 0.3) is 5.69 Å². The number of methoxy groups -OCH3 is 3. The third kappa shape index (κ3) is 6.91. The van der Waals surface area contributed by atoms with E-state index in [0.29, 0.717) is 0 Å². The predicted molar refractivity (Wildman–Crippen MR) is 148 cm³/mol. The Morgan fingerprint density at radius 1 is 1.00 bits per heavy atom. The number of hydrogen-bond acceptors (Lipinski definition) is 10. The normalized spacial score (nSPS) is 14.0. The maximum atomic E-state index is 13.6. The van der Waals surface area contributed by atoms with Gasteiger partial charge in [-0.15, -0.1) is 10.2 Å². The Kier molecular flexibility index (Phi) is 9.36. The summed E-state index contributed by atoms with van der Waals surface area (Å²) in [5.41, 5.74) is 0.109. The Morgan fingerprint density at radius 3 is 2.05 bits per heavy atom. The first kappa shape index (κ1) is 30.9. The molecule has 2 aromatic heterocycles.